The van der Waals surface area contributed by atoms with Gasteiger partial charge in [0, 0.05) is 24.7 Å². The quantitative estimate of drug-likeness (QED) is 0.459. The summed E-state index contributed by atoms with van der Waals surface area (Å²) in [4.78, 5) is 12.7. The molecule has 0 bridgehead atoms. The van der Waals surface area contributed by atoms with Gasteiger partial charge in [-0.1, -0.05) is 6.92 Å². The van der Waals surface area contributed by atoms with Crippen molar-refractivity contribution in [2.45, 2.75) is 57.5 Å². The fourth-order valence-electron chi connectivity index (χ4n) is 3.13. The molecule has 0 saturated heterocycles. The summed E-state index contributed by atoms with van der Waals surface area (Å²) in [5.41, 5.74) is 1.15. The molecular formula is C20H28FNO6. The Morgan fingerprint density at radius 2 is 1.89 bits per heavy atom. The van der Waals surface area contributed by atoms with Gasteiger partial charge in [-0.15, -0.1) is 0 Å². The van der Waals surface area contributed by atoms with Crippen molar-refractivity contribution in [1.29, 1.82) is 0 Å². The lowest BCUT2D eigenvalue weighted by atomic mass is 9.95. The van der Waals surface area contributed by atoms with E-state index in [2.05, 4.69) is 5.32 Å². The van der Waals surface area contributed by atoms with E-state index < -0.39 is 42.1 Å². The Kier molecular flexibility index (Phi) is 7.40. The maximum Gasteiger partial charge on any atom is 0.342 e. The summed E-state index contributed by atoms with van der Waals surface area (Å²) < 4.78 is 19.6. The SMILES string of the molecule is CNc1cc(O)c2c(c1)CCCC(O)C(O)C(O)/C(F)=C\C(C)C(C)OC2=O. The van der Waals surface area contributed by atoms with Crippen molar-refractivity contribution >= 4 is 11.7 Å². The topological polar surface area (TPSA) is 119 Å². The maximum atomic E-state index is 14.2. The molecule has 0 fully saturated rings. The fourth-order valence-corrected chi connectivity index (χ4v) is 3.13. The number of ether oxygens (including phenoxy) is 1. The summed E-state index contributed by atoms with van der Waals surface area (Å²) >= 11 is 0. The molecule has 156 valence electrons. The Morgan fingerprint density at radius 1 is 1.21 bits per heavy atom. The van der Waals surface area contributed by atoms with Crippen LogP contribution in [0.25, 0.3) is 0 Å². The number of hydrogen-bond acceptors (Lipinski definition) is 7. The van der Waals surface area contributed by atoms with Crippen LogP contribution in [-0.2, 0) is 11.2 Å². The first-order valence-corrected chi connectivity index (χ1v) is 9.31. The number of benzene rings is 1. The lowest BCUT2D eigenvalue weighted by Crippen LogP contribution is -2.38. The van der Waals surface area contributed by atoms with Crippen molar-refractivity contribution in [3.8, 4) is 5.75 Å². The Bertz CT molecular complexity index is 738. The molecule has 5 unspecified atom stereocenters. The van der Waals surface area contributed by atoms with Gasteiger partial charge in [0.25, 0.3) is 0 Å². The van der Waals surface area contributed by atoms with Crippen LogP contribution in [0.3, 0.4) is 0 Å². The normalized spacial score (nSPS) is 31.8. The minimum absolute atomic E-state index is 0.0228. The second-order valence-electron chi connectivity index (χ2n) is 7.20. The van der Waals surface area contributed by atoms with E-state index in [9.17, 15) is 29.6 Å². The number of carbonyl (C=O) groups excluding carboxylic acids is 1. The molecule has 8 heteroatoms. The summed E-state index contributed by atoms with van der Waals surface area (Å²) in [6.07, 6.45) is -3.90. The summed E-state index contributed by atoms with van der Waals surface area (Å²) in [5, 5.41) is 43.3. The van der Waals surface area contributed by atoms with Gasteiger partial charge < -0.3 is 30.5 Å². The van der Waals surface area contributed by atoms with Gasteiger partial charge in [0.15, 0.2) is 0 Å². The number of anilines is 1. The van der Waals surface area contributed by atoms with Crippen LogP contribution >= 0.6 is 0 Å². The van der Waals surface area contributed by atoms with Crippen molar-refractivity contribution in [1.82, 2.24) is 0 Å². The molecule has 5 atom stereocenters. The van der Waals surface area contributed by atoms with Crippen LogP contribution in [0.1, 0.15) is 42.6 Å². The Balaban J connectivity index is 2.44. The highest BCUT2D eigenvalue weighted by molar-refractivity contribution is 5.95. The number of esters is 1. The van der Waals surface area contributed by atoms with Crippen LogP contribution in [0.5, 0.6) is 5.75 Å². The first-order valence-electron chi connectivity index (χ1n) is 9.31. The van der Waals surface area contributed by atoms with Crippen molar-refractivity contribution in [2.24, 2.45) is 5.92 Å². The molecule has 0 amide bonds. The van der Waals surface area contributed by atoms with Crippen molar-refractivity contribution in [3.05, 3.63) is 35.2 Å². The lowest BCUT2D eigenvalue weighted by Gasteiger charge is -2.25. The third kappa shape index (κ3) is 5.01. The Hall–Kier alpha value is -2.16. The molecule has 1 heterocycles. The minimum atomic E-state index is -1.87. The molecule has 28 heavy (non-hydrogen) atoms. The van der Waals surface area contributed by atoms with E-state index in [1.165, 1.54) is 6.07 Å². The number of aliphatic hydroxyl groups excluding tert-OH is 3. The highest BCUT2D eigenvalue weighted by Crippen LogP contribution is 2.30. The molecule has 1 aromatic carbocycles. The number of fused-ring (bicyclic) bond motifs is 1. The van der Waals surface area contributed by atoms with Crippen LogP contribution in [0.15, 0.2) is 24.0 Å². The first-order chi connectivity index (χ1) is 13.1. The molecule has 0 saturated carbocycles. The number of hydrogen-bond donors (Lipinski definition) is 5. The molecular weight excluding hydrogens is 369 g/mol. The third-order valence-corrected chi connectivity index (χ3v) is 5.09. The number of rotatable bonds is 1. The van der Waals surface area contributed by atoms with Gasteiger partial charge in [0.1, 0.15) is 35.5 Å². The van der Waals surface area contributed by atoms with Crippen LogP contribution in [0.2, 0.25) is 0 Å². The zero-order chi connectivity index (χ0) is 21.0. The molecule has 0 radical (unpaired) electrons. The largest absolute Gasteiger partial charge is 0.507 e. The maximum absolute atomic E-state index is 14.2. The molecule has 0 aliphatic carbocycles. The number of aryl methyl sites for hydroxylation is 1. The number of aliphatic hydroxyl groups is 3. The summed E-state index contributed by atoms with van der Waals surface area (Å²) in [6, 6.07) is 3.11. The van der Waals surface area contributed by atoms with E-state index in [4.69, 9.17) is 4.74 Å². The average molecular weight is 397 g/mol. The minimum Gasteiger partial charge on any atom is -0.507 e. The molecule has 7 nitrogen and oxygen atoms in total. The smallest absolute Gasteiger partial charge is 0.342 e. The van der Waals surface area contributed by atoms with Crippen LogP contribution in [-0.4, -0.2) is 57.9 Å². The third-order valence-electron chi connectivity index (χ3n) is 5.09. The van der Waals surface area contributed by atoms with Crippen molar-refractivity contribution in [2.75, 3.05) is 12.4 Å². The van der Waals surface area contributed by atoms with Crippen LogP contribution < -0.4 is 5.32 Å². The summed E-state index contributed by atoms with van der Waals surface area (Å²) in [5.74, 6) is -2.59. The number of aromatic hydroxyl groups is 1. The highest BCUT2D eigenvalue weighted by Gasteiger charge is 2.30. The van der Waals surface area contributed by atoms with E-state index in [0.717, 1.165) is 6.08 Å². The number of cyclic esters (lactones) is 1. The predicted octanol–water partition coefficient (Wildman–Crippen LogP) is 1.89. The van der Waals surface area contributed by atoms with E-state index in [0.29, 0.717) is 24.1 Å². The van der Waals surface area contributed by atoms with Gasteiger partial charge in [-0.2, -0.15) is 0 Å². The van der Waals surface area contributed by atoms with E-state index in [1.54, 1.807) is 27.0 Å². The van der Waals surface area contributed by atoms with Gasteiger partial charge in [-0.05, 0) is 43.9 Å². The standard InChI is InChI=1S/C20H28FNO6/c1-10-7-14(21)18(25)19(26)15(23)6-4-5-12-8-13(22-3)9-16(24)17(12)20(27)28-11(10)2/h7-11,15,18-19,22-26H,4-6H2,1-3H3/b14-7+. The molecule has 5 N–H and O–H groups in total. The predicted molar refractivity (Wildman–Crippen MR) is 102 cm³/mol. The van der Waals surface area contributed by atoms with Gasteiger partial charge in [-0.3, -0.25) is 0 Å². The number of carbonyl (C=O) groups is 1. The van der Waals surface area contributed by atoms with Crippen molar-refractivity contribution in [3.63, 3.8) is 0 Å². The highest BCUT2D eigenvalue weighted by atomic mass is 19.1. The molecule has 2 rings (SSSR count). The monoisotopic (exact) mass is 397 g/mol. The number of nitrogens with one attached hydrogen (secondary N) is 1. The zero-order valence-corrected chi connectivity index (χ0v) is 16.2. The molecule has 1 aliphatic heterocycles. The van der Waals surface area contributed by atoms with Gasteiger partial charge in [-0.25, -0.2) is 9.18 Å². The molecule has 1 aliphatic rings. The second kappa shape index (κ2) is 9.36. The van der Waals surface area contributed by atoms with E-state index in [1.807, 2.05) is 0 Å². The van der Waals surface area contributed by atoms with Crippen LogP contribution in [0, 0.1) is 5.92 Å². The number of phenols is 1. The molecule has 1 aromatic rings. The van der Waals surface area contributed by atoms with Crippen LogP contribution in [0.4, 0.5) is 10.1 Å². The van der Waals surface area contributed by atoms with Gasteiger partial charge in [0.2, 0.25) is 0 Å². The Morgan fingerprint density at radius 3 is 2.54 bits per heavy atom. The van der Waals surface area contributed by atoms with Gasteiger partial charge in [0.05, 0.1) is 6.10 Å². The van der Waals surface area contributed by atoms with Crippen molar-refractivity contribution < 1.29 is 34.3 Å². The first kappa shape index (κ1) is 22.1. The summed E-state index contributed by atoms with van der Waals surface area (Å²) in [7, 11) is 1.68. The number of phenolic OH excluding ortho intramolecular Hbond substituents is 1. The number of halogens is 1. The Labute approximate surface area is 163 Å². The van der Waals surface area contributed by atoms with E-state index in [-0.39, 0.29) is 17.7 Å². The lowest BCUT2D eigenvalue weighted by molar-refractivity contribution is -0.0554. The second-order valence-corrected chi connectivity index (χ2v) is 7.20. The van der Waals surface area contributed by atoms with E-state index >= 15 is 0 Å². The summed E-state index contributed by atoms with van der Waals surface area (Å²) in [6.45, 7) is 3.15. The molecule has 0 aromatic heterocycles. The fraction of sp³-hybridized carbons (Fsp3) is 0.550. The molecule has 0 spiro atoms. The zero-order valence-electron chi connectivity index (χ0n) is 16.2. The average Bonchev–Trinajstić information content (AvgIpc) is 2.65. The van der Waals surface area contributed by atoms with Gasteiger partial charge >= 0.3 is 5.97 Å².